The van der Waals surface area contributed by atoms with Gasteiger partial charge in [-0.1, -0.05) is 36.4 Å². The molecular formula is C27H24N4O4S. The first-order valence-corrected chi connectivity index (χ1v) is 12.5. The second-order valence-electron chi connectivity index (χ2n) is 8.00. The van der Waals surface area contributed by atoms with E-state index >= 15 is 0 Å². The smallest absolute Gasteiger partial charge is 0.261 e. The molecule has 0 fully saturated rings. The molecule has 0 atom stereocenters. The van der Waals surface area contributed by atoms with Gasteiger partial charge in [0.2, 0.25) is 5.91 Å². The molecule has 0 spiro atoms. The van der Waals surface area contributed by atoms with Crippen molar-refractivity contribution in [3.8, 4) is 0 Å². The zero-order chi connectivity index (χ0) is 25.5. The summed E-state index contributed by atoms with van der Waals surface area (Å²) in [4.78, 5) is 25.2. The van der Waals surface area contributed by atoms with Gasteiger partial charge in [0.15, 0.2) is 0 Å². The molecule has 4 aromatic rings. The number of nitrogens with one attached hydrogen (secondary N) is 3. The molecule has 8 nitrogen and oxygen atoms in total. The Labute approximate surface area is 209 Å². The molecule has 0 aliphatic rings. The van der Waals surface area contributed by atoms with Crippen LogP contribution < -0.4 is 21.1 Å². The third-order valence-corrected chi connectivity index (χ3v) is 6.60. The molecule has 0 saturated heterocycles. The van der Waals surface area contributed by atoms with Crippen LogP contribution in [0.2, 0.25) is 0 Å². The Kier molecular flexibility index (Phi) is 7.31. The van der Waals surface area contributed by atoms with E-state index in [2.05, 4.69) is 15.4 Å². The summed E-state index contributed by atoms with van der Waals surface area (Å²) in [7, 11) is -3.76. The largest absolute Gasteiger partial charge is 0.399 e. The van der Waals surface area contributed by atoms with Crippen LogP contribution in [0.5, 0.6) is 0 Å². The lowest BCUT2D eigenvalue weighted by Crippen LogP contribution is -2.16. The Hall–Kier alpha value is -4.63. The number of hydrogen-bond donors (Lipinski definition) is 4. The number of anilines is 4. The van der Waals surface area contributed by atoms with Crippen LogP contribution in [0.25, 0.3) is 0 Å². The van der Waals surface area contributed by atoms with Crippen LogP contribution in [0.4, 0.5) is 22.7 Å². The summed E-state index contributed by atoms with van der Waals surface area (Å²) in [5.41, 5.74) is 8.81. The van der Waals surface area contributed by atoms with Crippen molar-refractivity contribution >= 4 is 44.6 Å². The Bertz CT molecular complexity index is 1470. The van der Waals surface area contributed by atoms with Crippen LogP contribution in [0.1, 0.15) is 15.9 Å². The number of hydrogen-bond acceptors (Lipinski definition) is 5. The molecule has 5 N–H and O–H groups in total. The first-order chi connectivity index (χ1) is 17.3. The molecule has 0 bridgehead atoms. The number of amides is 2. The summed E-state index contributed by atoms with van der Waals surface area (Å²) >= 11 is 0. The molecule has 36 heavy (non-hydrogen) atoms. The molecule has 0 aliphatic carbocycles. The zero-order valence-corrected chi connectivity index (χ0v) is 20.0. The SMILES string of the molecule is Nc1ccc(CC(=O)Nc2cccc(C(=O)Nc3ccc(S(=O)(=O)Nc4ccccc4)cc3)c2)cc1. The molecule has 4 rings (SSSR count). The minimum atomic E-state index is -3.76. The fourth-order valence-electron chi connectivity index (χ4n) is 3.41. The number of benzene rings is 4. The van der Waals surface area contributed by atoms with Crippen molar-refractivity contribution in [2.45, 2.75) is 11.3 Å². The molecule has 0 heterocycles. The van der Waals surface area contributed by atoms with E-state index in [-0.39, 0.29) is 17.2 Å². The number of carbonyl (C=O) groups is 2. The van der Waals surface area contributed by atoms with Gasteiger partial charge in [0.05, 0.1) is 11.3 Å². The molecule has 0 unspecified atom stereocenters. The molecule has 0 aliphatic heterocycles. The monoisotopic (exact) mass is 500 g/mol. The first-order valence-electron chi connectivity index (χ1n) is 11.0. The molecule has 0 aromatic heterocycles. The zero-order valence-electron chi connectivity index (χ0n) is 19.1. The first kappa shape index (κ1) is 24.5. The molecular weight excluding hydrogens is 476 g/mol. The van der Waals surface area contributed by atoms with Gasteiger partial charge in [-0.05, 0) is 72.3 Å². The van der Waals surface area contributed by atoms with Gasteiger partial charge in [-0.2, -0.15) is 0 Å². The topological polar surface area (TPSA) is 130 Å². The van der Waals surface area contributed by atoms with E-state index in [9.17, 15) is 18.0 Å². The fraction of sp³-hybridized carbons (Fsp3) is 0.0370. The Morgan fingerprint density at radius 1 is 0.694 bits per heavy atom. The van der Waals surface area contributed by atoms with Crippen LogP contribution in [-0.4, -0.2) is 20.2 Å². The average Bonchev–Trinajstić information content (AvgIpc) is 2.86. The molecule has 4 aromatic carbocycles. The lowest BCUT2D eigenvalue weighted by Gasteiger charge is -2.10. The third-order valence-electron chi connectivity index (χ3n) is 5.20. The van der Waals surface area contributed by atoms with Gasteiger partial charge >= 0.3 is 0 Å². The highest BCUT2D eigenvalue weighted by Gasteiger charge is 2.15. The highest BCUT2D eigenvalue weighted by molar-refractivity contribution is 7.92. The molecule has 2 amide bonds. The number of nitrogens with two attached hydrogens (primary N) is 1. The number of carbonyl (C=O) groups excluding carboxylic acids is 2. The maximum Gasteiger partial charge on any atom is 0.261 e. The number of para-hydroxylation sites is 1. The van der Waals surface area contributed by atoms with Crippen molar-refractivity contribution in [1.82, 2.24) is 0 Å². The summed E-state index contributed by atoms with van der Waals surface area (Å²) in [6.45, 7) is 0. The highest BCUT2D eigenvalue weighted by Crippen LogP contribution is 2.19. The van der Waals surface area contributed by atoms with E-state index in [4.69, 9.17) is 5.73 Å². The van der Waals surface area contributed by atoms with Gasteiger partial charge in [-0.25, -0.2) is 8.42 Å². The van der Waals surface area contributed by atoms with Gasteiger partial charge in [0.1, 0.15) is 0 Å². The predicted molar refractivity (Wildman–Crippen MR) is 141 cm³/mol. The van der Waals surface area contributed by atoms with E-state index in [0.29, 0.717) is 28.3 Å². The number of nitrogen functional groups attached to an aromatic ring is 1. The van der Waals surface area contributed by atoms with E-state index < -0.39 is 15.9 Å². The highest BCUT2D eigenvalue weighted by atomic mass is 32.2. The maximum absolute atomic E-state index is 12.7. The van der Waals surface area contributed by atoms with Crippen LogP contribution in [0.15, 0.2) is 108 Å². The average molecular weight is 501 g/mol. The van der Waals surface area contributed by atoms with Gasteiger partial charge in [0.25, 0.3) is 15.9 Å². The van der Waals surface area contributed by atoms with Gasteiger partial charge < -0.3 is 16.4 Å². The summed E-state index contributed by atoms with van der Waals surface area (Å²) in [6.07, 6.45) is 0.172. The summed E-state index contributed by atoms with van der Waals surface area (Å²) < 4.78 is 27.7. The van der Waals surface area contributed by atoms with Crippen molar-refractivity contribution in [2.24, 2.45) is 0 Å². The quantitative estimate of drug-likeness (QED) is 0.265. The molecule has 182 valence electrons. The van der Waals surface area contributed by atoms with Gasteiger partial charge in [-0.3, -0.25) is 14.3 Å². The molecule has 0 saturated carbocycles. The minimum Gasteiger partial charge on any atom is -0.399 e. The van der Waals surface area contributed by atoms with Crippen LogP contribution in [0.3, 0.4) is 0 Å². The summed E-state index contributed by atoms with van der Waals surface area (Å²) in [6, 6.07) is 28.0. The molecule has 0 radical (unpaired) electrons. The Balaban J connectivity index is 1.38. The second-order valence-corrected chi connectivity index (χ2v) is 9.68. The van der Waals surface area contributed by atoms with Crippen LogP contribution >= 0.6 is 0 Å². The second kappa shape index (κ2) is 10.7. The van der Waals surface area contributed by atoms with Gasteiger partial charge in [-0.15, -0.1) is 0 Å². The van der Waals surface area contributed by atoms with E-state index in [0.717, 1.165) is 5.56 Å². The Morgan fingerprint density at radius 3 is 2.06 bits per heavy atom. The van der Waals surface area contributed by atoms with Crippen molar-refractivity contribution < 1.29 is 18.0 Å². The van der Waals surface area contributed by atoms with E-state index in [1.807, 2.05) is 0 Å². The molecule has 9 heteroatoms. The fourth-order valence-corrected chi connectivity index (χ4v) is 4.46. The predicted octanol–water partition coefficient (Wildman–Crippen LogP) is 4.50. The normalized spacial score (nSPS) is 10.9. The third kappa shape index (κ3) is 6.49. The lowest BCUT2D eigenvalue weighted by atomic mass is 10.1. The summed E-state index contributed by atoms with van der Waals surface area (Å²) in [5, 5.41) is 5.52. The van der Waals surface area contributed by atoms with Crippen molar-refractivity contribution in [3.05, 3.63) is 114 Å². The van der Waals surface area contributed by atoms with Crippen LogP contribution in [-0.2, 0) is 21.2 Å². The van der Waals surface area contributed by atoms with Gasteiger partial charge in [0, 0.05) is 28.3 Å². The van der Waals surface area contributed by atoms with Crippen molar-refractivity contribution in [1.29, 1.82) is 0 Å². The standard InChI is InChI=1S/C27H24N4O4S/c28-21-11-9-19(10-12-21)17-26(32)29-24-8-4-5-20(18-24)27(33)30-22-13-15-25(16-14-22)36(34,35)31-23-6-2-1-3-7-23/h1-16,18,31H,17,28H2,(H,29,32)(H,30,33). The maximum atomic E-state index is 12.7. The van der Waals surface area contributed by atoms with E-state index in [1.54, 1.807) is 78.9 Å². The minimum absolute atomic E-state index is 0.0650. The Morgan fingerprint density at radius 2 is 1.36 bits per heavy atom. The number of rotatable bonds is 8. The van der Waals surface area contributed by atoms with Crippen molar-refractivity contribution in [3.63, 3.8) is 0 Å². The van der Waals surface area contributed by atoms with E-state index in [1.165, 1.54) is 24.3 Å². The van der Waals surface area contributed by atoms with Crippen LogP contribution in [0, 0.1) is 0 Å². The number of sulfonamides is 1. The summed E-state index contributed by atoms with van der Waals surface area (Å²) in [5.74, 6) is -0.624. The lowest BCUT2D eigenvalue weighted by molar-refractivity contribution is -0.115. The van der Waals surface area contributed by atoms with Crippen molar-refractivity contribution in [2.75, 3.05) is 21.1 Å².